The number of esters is 1. The Balaban J connectivity index is 4.28. The Hall–Kier alpha value is -1.34. The normalized spacial score (nSPS) is 11.5. The molecule has 0 saturated heterocycles. The number of nitrogens with zero attached hydrogens (tertiary/aromatic N) is 1. The van der Waals surface area contributed by atoms with Gasteiger partial charge in [-0.15, -0.1) is 0 Å². The molecule has 0 atom stereocenters. The first-order chi connectivity index (χ1) is 7.73. The van der Waals surface area contributed by atoms with Crippen LogP contribution in [0.5, 0.6) is 0 Å². The third-order valence-electron chi connectivity index (χ3n) is 1.86. The zero-order valence-corrected chi connectivity index (χ0v) is 9.38. The molecule has 0 saturated carbocycles. The zero-order valence-electron chi connectivity index (χ0n) is 9.38. The topological polar surface area (TPSA) is 46.6 Å². The first-order valence-corrected chi connectivity index (χ1v) is 4.80. The Labute approximate surface area is 95.5 Å². The molecule has 0 bridgehead atoms. The van der Waals surface area contributed by atoms with Crippen LogP contribution in [-0.4, -0.2) is 49.3 Å². The predicted octanol–water partition coefficient (Wildman–Crippen LogP) is 1.30. The Kier molecular flexibility index (Phi) is 5.90. The van der Waals surface area contributed by atoms with E-state index in [0.29, 0.717) is 4.90 Å². The van der Waals surface area contributed by atoms with Crippen molar-refractivity contribution in [3.05, 3.63) is 0 Å². The molecular weight excluding hydrogens is 246 g/mol. The van der Waals surface area contributed by atoms with Gasteiger partial charge in [-0.25, -0.2) is 8.78 Å². The molecule has 0 fully saturated rings. The summed E-state index contributed by atoms with van der Waals surface area (Å²) in [5.74, 6) is -7.44. The average Bonchev–Trinajstić information content (AvgIpc) is 2.24. The zero-order chi connectivity index (χ0) is 13.6. The van der Waals surface area contributed by atoms with Gasteiger partial charge in [0.05, 0.1) is 13.0 Å². The number of ether oxygens (including phenoxy) is 1. The third-order valence-corrected chi connectivity index (χ3v) is 1.86. The van der Waals surface area contributed by atoms with Crippen LogP contribution in [0.2, 0.25) is 0 Å². The van der Waals surface area contributed by atoms with Crippen LogP contribution in [0.1, 0.15) is 13.3 Å². The number of rotatable bonds is 6. The van der Waals surface area contributed by atoms with Crippen LogP contribution in [0, 0.1) is 0 Å². The van der Waals surface area contributed by atoms with E-state index in [1.165, 1.54) is 0 Å². The van der Waals surface area contributed by atoms with Gasteiger partial charge >= 0.3 is 18.3 Å². The monoisotopic (exact) mass is 259 g/mol. The van der Waals surface area contributed by atoms with E-state index in [9.17, 15) is 27.2 Å². The quantitative estimate of drug-likeness (QED) is 0.533. The van der Waals surface area contributed by atoms with Crippen LogP contribution in [-0.2, 0) is 14.3 Å². The minimum Gasteiger partial charge on any atom is -0.466 e. The summed E-state index contributed by atoms with van der Waals surface area (Å²) in [7, 11) is 0.915. The first-order valence-electron chi connectivity index (χ1n) is 4.80. The SMILES string of the molecule is CCOC(=O)CCN(C)C(=O)C(F)(F)C(F)F. The molecular formula is C9H13F4NO3. The van der Waals surface area contributed by atoms with E-state index < -0.39 is 30.8 Å². The molecule has 100 valence electrons. The van der Waals surface area contributed by atoms with Gasteiger partial charge in [-0.05, 0) is 6.92 Å². The molecule has 8 heteroatoms. The molecule has 0 spiro atoms. The van der Waals surface area contributed by atoms with Gasteiger partial charge in [0, 0.05) is 13.6 Å². The van der Waals surface area contributed by atoms with Gasteiger partial charge in [0.25, 0.3) is 5.91 Å². The fourth-order valence-corrected chi connectivity index (χ4v) is 0.942. The van der Waals surface area contributed by atoms with Crippen molar-refractivity contribution in [1.82, 2.24) is 4.90 Å². The second kappa shape index (κ2) is 6.41. The fraction of sp³-hybridized carbons (Fsp3) is 0.778. The van der Waals surface area contributed by atoms with Gasteiger partial charge in [-0.3, -0.25) is 9.59 Å². The van der Waals surface area contributed by atoms with E-state index in [4.69, 9.17) is 0 Å². The molecule has 0 radical (unpaired) electrons. The summed E-state index contributed by atoms with van der Waals surface area (Å²) in [6.07, 6.45) is -4.39. The van der Waals surface area contributed by atoms with Crippen molar-refractivity contribution in [2.45, 2.75) is 25.7 Å². The number of halogens is 4. The third kappa shape index (κ3) is 4.58. The lowest BCUT2D eigenvalue weighted by Gasteiger charge is -2.22. The highest BCUT2D eigenvalue weighted by Crippen LogP contribution is 2.24. The minimum atomic E-state index is -4.73. The van der Waals surface area contributed by atoms with Crippen molar-refractivity contribution in [3.63, 3.8) is 0 Å². The van der Waals surface area contributed by atoms with Gasteiger partial charge in [0.1, 0.15) is 0 Å². The smallest absolute Gasteiger partial charge is 0.383 e. The first kappa shape index (κ1) is 15.7. The summed E-state index contributed by atoms with van der Waals surface area (Å²) in [4.78, 5) is 22.2. The summed E-state index contributed by atoms with van der Waals surface area (Å²) in [5, 5.41) is 0. The molecule has 0 aromatic carbocycles. The molecule has 0 N–H and O–H groups in total. The molecule has 0 aliphatic carbocycles. The summed E-state index contributed by atoms with van der Waals surface area (Å²) >= 11 is 0. The van der Waals surface area contributed by atoms with E-state index in [0.717, 1.165) is 7.05 Å². The Bertz CT molecular complexity index is 283. The highest BCUT2D eigenvalue weighted by molar-refractivity contribution is 5.84. The van der Waals surface area contributed by atoms with Crippen molar-refractivity contribution in [1.29, 1.82) is 0 Å². The maximum absolute atomic E-state index is 12.6. The summed E-state index contributed by atoms with van der Waals surface area (Å²) in [6, 6.07) is 0. The number of amides is 1. The summed E-state index contributed by atoms with van der Waals surface area (Å²) in [5.41, 5.74) is 0. The highest BCUT2D eigenvalue weighted by Gasteiger charge is 2.50. The lowest BCUT2D eigenvalue weighted by atomic mass is 10.3. The predicted molar refractivity (Wildman–Crippen MR) is 49.8 cm³/mol. The van der Waals surface area contributed by atoms with Crippen LogP contribution in [0.3, 0.4) is 0 Å². The van der Waals surface area contributed by atoms with Gasteiger partial charge in [0.2, 0.25) is 0 Å². The van der Waals surface area contributed by atoms with E-state index in [1.807, 2.05) is 0 Å². The maximum Gasteiger partial charge on any atom is 0.383 e. The number of hydrogen-bond donors (Lipinski definition) is 0. The minimum absolute atomic E-state index is 0.115. The van der Waals surface area contributed by atoms with Crippen molar-refractivity contribution >= 4 is 11.9 Å². The molecule has 0 rings (SSSR count). The molecule has 0 aromatic rings. The van der Waals surface area contributed by atoms with Crippen LogP contribution >= 0.6 is 0 Å². The highest BCUT2D eigenvalue weighted by atomic mass is 19.3. The van der Waals surface area contributed by atoms with Crippen LogP contribution in [0.4, 0.5) is 17.6 Å². The summed E-state index contributed by atoms with van der Waals surface area (Å²) < 4.78 is 53.4. The summed E-state index contributed by atoms with van der Waals surface area (Å²) in [6.45, 7) is 1.27. The largest absolute Gasteiger partial charge is 0.466 e. The lowest BCUT2D eigenvalue weighted by molar-refractivity contribution is -0.179. The number of alkyl halides is 4. The Morgan fingerprint density at radius 1 is 1.35 bits per heavy atom. The van der Waals surface area contributed by atoms with Gasteiger partial charge in [-0.1, -0.05) is 0 Å². The van der Waals surface area contributed by atoms with Gasteiger partial charge in [-0.2, -0.15) is 8.78 Å². The van der Waals surface area contributed by atoms with E-state index in [1.54, 1.807) is 6.92 Å². The van der Waals surface area contributed by atoms with E-state index >= 15 is 0 Å². The number of carbonyl (C=O) groups excluding carboxylic acids is 2. The second-order valence-electron chi connectivity index (χ2n) is 3.21. The second-order valence-corrected chi connectivity index (χ2v) is 3.21. The average molecular weight is 259 g/mol. The Morgan fingerprint density at radius 3 is 2.29 bits per heavy atom. The molecule has 0 heterocycles. The lowest BCUT2D eigenvalue weighted by Crippen LogP contribution is -2.46. The fourth-order valence-electron chi connectivity index (χ4n) is 0.942. The van der Waals surface area contributed by atoms with Crippen LogP contribution in [0.15, 0.2) is 0 Å². The Morgan fingerprint density at radius 2 is 1.88 bits per heavy atom. The van der Waals surface area contributed by atoms with Gasteiger partial charge in [0.15, 0.2) is 0 Å². The number of carbonyl (C=O) groups is 2. The maximum atomic E-state index is 12.6. The standard InChI is InChI=1S/C9H13F4NO3/c1-3-17-6(15)4-5-14(2)8(16)9(12,13)7(10)11/h7H,3-5H2,1-2H3. The van der Waals surface area contributed by atoms with Crippen molar-refractivity contribution < 1.29 is 31.9 Å². The molecule has 17 heavy (non-hydrogen) atoms. The molecule has 4 nitrogen and oxygen atoms in total. The van der Waals surface area contributed by atoms with Crippen molar-refractivity contribution in [3.8, 4) is 0 Å². The van der Waals surface area contributed by atoms with E-state index in [-0.39, 0.29) is 13.0 Å². The molecule has 0 aliphatic heterocycles. The van der Waals surface area contributed by atoms with Crippen molar-refractivity contribution in [2.75, 3.05) is 20.2 Å². The molecule has 0 aromatic heterocycles. The molecule has 0 unspecified atom stereocenters. The van der Waals surface area contributed by atoms with Crippen molar-refractivity contribution in [2.24, 2.45) is 0 Å². The molecule has 0 aliphatic rings. The molecule has 1 amide bonds. The number of hydrogen-bond acceptors (Lipinski definition) is 3. The van der Waals surface area contributed by atoms with Gasteiger partial charge < -0.3 is 9.64 Å². The van der Waals surface area contributed by atoms with Crippen LogP contribution < -0.4 is 0 Å². The van der Waals surface area contributed by atoms with Crippen LogP contribution in [0.25, 0.3) is 0 Å². The van der Waals surface area contributed by atoms with E-state index in [2.05, 4.69) is 4.74 Å².